The fourth-order valence-electron chi connectivity index (χ4n) is 3.56. The van der Waals surface area contributed by atoms with E-state index in [4.69, 9.17) is 4.74 Å². The number of halogens is 1. The quantitative estimate of drug-likeness (QED) is 0.812. The van der Waals surface area contributed by atoms with Gasteiger partial charge in [-0.05, 0) is 56.7 Å². The molecule has 0 bridgehead atoms. The number of nitrogens with zero attached hydrogens (tertiary/aromatic N) is 1. The molecular weight excluding hydrogens is 322 g/mol. The first-order valence-electron chi connectivity index (χ1n) is 9.05. The molecule has 1 saturated heterocycles. The Labute approximate surface area is 153 Å². The van der Waals surface area contributed by atoms with Gasteiger partial charge in [0.2, 0.25) is 0 Å². The van der Waals surface area contributed by atoms with Crippen molar-refractivity contribution in [2.45, 2.75) is 78.0 Å². The van der Waals surface area contributed by atoms with Crippen molar-refractivity contribution in [2.24, 2.45) is 0 Å². The Morgan fingerprint density at radius 3 is 2.42 bits per heavy atom. The average molecular weight is 356 g/mol. The topological polar surface area (TPSA) is 32.7 Å². The summed E-state index contributed by atoms with van der Waals surface area (Å²) in [4.78, 5) is 2.43. The van der Waals surface area contributed by atoms with Crippen molar-refractivity contribution in [3.05, 3.63) is 29.3 Å². The number of aliphatic hydroxyl groups excluding tert-OH is 1. The zero-order chi connectivity index (χ0) is 17.0. The first kappa shape index (κ1) is 21.3. The minimum Gasteiger partial charge on any atom is -0.491 e. The second kappa shape index (κ2) is 9.65. The van der Waals surface area contributed by atoms with Crippen LogP contribution >= 0.6 is 12.4 Å². The van der Waals surface area contributed by atoms with Gasteiger partial charge in [0.25, 0.3) is 0 Å². The molecule has 1 aliphatic rings. The van der Waals surface area contributed by atoms with Crippen LogP contribution in [-0.4, -0.2) is 41.3 Å². The van der Waals surface area contributed by atoms with Crippen LogP contribution in [0.5, 0.6) is 5.75 Å². The number of hydrogen-bond donors (Lipinski definition) is 1. The third-order valence-corrected chi connectivity index (χ3v) is 5.02. The first-order chi connectivity index (χ1) is 10.9. The molecule has 4 heteroatoms. The van der Waals surface area contributed by atoms with Gasteiger partial charge < -0.3 is 9.84 Å². The van der Waals surface area contributed by atoms with Crippen LogP contribution < -0.4 is 4.74 Å². The highest BCUT2D eigenvalue weighted by atomic mass is 35.5. The van der Waals surface area contributed by atoms with Gasteiger partial charge in [0, 0.05) is 18.6 Å². The molecule has 0 spiro atoms. The molecule has 138 valence electrons. The van der Waals surface area contributed by atoms with Crippen LogP contribution in [0.15, 0.2) is 18.2 Å². The van der Waals surface area contributed by atoms with Gasteiger partial charge in [-0.3, -0.25) is 4.90 Å². The van der Waals surface area contributed by atoms with Gasteiger partial charge in [-0.25, -0.2) is 0 Å². The zero-order valence-corrected chi connectivity index (χ0v) is 16.6. The summed E-state index contributed by atoms with van der Waals surface area (Å²) in [5, 5.41) is 10.4. The van der Waals surface area contributed by atoms with Crippen molar-refractivity contribution in [3.63, 3.8) is 0 Å². The summed E-state index contributed by atoms with van der Waals surface area (Å²) in [6, 6.07) is 7.44. The van der Waals surface area contributed by atoms with E-state index in [0.717, 1.165) is 5.75 Å². The lowest BCUT2D eigenvalue weighted by Crippen LogP contribution is -2.48. The number of rotatable bonds is 6. The van der Waals surface area contributed by atoms with Crippen molar-refractivity contribution in [1.29, 1.82) is 0 Å². The summed E-state index contributed by atoms with van der Waals surface area (Å²) in [5.41, 5.74) is 2.40. The van der Waals surface area contributed by atoms with Crippen molar-refractivity contribution < 1.29 is 9.84 Å². The zero-order valence-electron chi connectivity index (χ0n) is 15.8. The number of β-amino-alcohol motifs (C(OH)–C–C–N with tert-alkyl or cyclic N) is 1. The monoisotopic (exact) mass is 355 g/mol. The van der Waals surface area contributed by atoms with Gasteiger partial charge in [0.15, 0.2) is 0 Å². The average Bonchev–Trinajstić information content (AvgIpc) is 2.49. The van der Waals surface area contributed by atoms with Crippen LogP contribution in [0.1, 0.15) is 64.0 Å². The van der Waals surface area contributed by atoms with Crippen LogP contribution in [0.2, 0.25) is 0 Å². The van der Waals surface area contributed by atoms with E-state index in [2.05, 4.69) is 57.7 Å². The maximum absolute atomic E-state index is 10.4. The molecule has 1 aromatic rings. The Balaban J connectivity index is 0.00000288. The summed E-state index contributed by atoms with van der Waals surface area (Å²) >= 11 is 0. The van der Waals surface area contributed by atoms with Gasteiger partial charge in [-0.15, -0.1) is 12.4 Å². The van der Waals surface area contributed by atoms with Gasteiger partial charge in [0.1, 0.15) is 18.5 Å². The Hall–Kier alpha value is -0.770. The minimum absolute atomic E-state index is 0. The highest BCUT2D eigenvalue weighted by Crippen LogP contribution is 2.28. The summed E-state index contributed by atoms with van der Waals surface area (Å²) in [7, 11) is 0. The van der Waals surface area contributed by atoms with Crippen molar-refractivity contribution in [2.75, 3.05) is 13.2 Å². The molecule has 1 fully saturated rings. The molecule has 1 N–H and O–H groups in total. The van der Waals surface area contributed by atoms with Crippen LogP contribution in [0, 0.1) is 6.92 Å². The predicted molar refractivity (Wildman–Crippen MR) is 103 cm³/mol. The molecule has 2 rings (SSSR count). The molecular formula is C20H34ClNO2. The number of likely N-dealkylation sites (tertiary alicyclic amines) is 1. The lowest BCUT2D eigenvalue weighted by Gasteiger charge is -2.40. The van der Waals surface area contributed by atoms with E-state index in [1.54, 1.807) is 0 Å². The molecule has 24 heavy (non-hydrogen) atoms. The predicted octanol–water partition coefficient (Wildman–Crippen LogP) is 4.54. The standard InChI is InChI=1S/C20H33NO2.ClH/c1-14(2)19-10-9-15(3)11-20(19)23-13-18(22)12-21-16(4)7-6-8-17(21)5;/h9-11,14,16-18,22H,6-8,12-13H2,1-5H3;1H. The molecule has 0 aromatic heterocycles. The van der Waals surface area contributed by atoms with E-state index < -0.39 is 6.10 Å². The van der Waals surface area contributed by atoms with E-state index in [0.29, 0.717) is 31.2 Å². The Morgan fingerprint density at radius 2 is 1.83 bits per heavy atom. The smallest absolute Gasteiger partial charge is 0.123 e. The van der Waals surface area contributed by atoms with Crippen LogP contribution in [0.4, 0.5) is 0 Å². The second-order valence-electron chi connectivity index (χ2n) is 7.49. The van der Waals surface area contributed by atoms with E-state index >= 15 is 0 Å². The van der Waals surface area contributed by atoms with Gasteiger partial charge in [0.05, 0.1) is 0 Å². The van der Waals surface area contributed by atoms with Crippen molar-refractivity contribution >= 4 is 12.4 Å². The molecule has 1 aliphatic heterocycles. The number of ether oxygens (including phenoxy) is 1. The Kier molecular flexibility index (Phi) is 8.55. The Morgan fingerprint density at radius 1 is 1.21 bits per heavy atom. The second-order valence-corrected chi connectivity index (χ2v) is 7.49. The molecule has 1 aromatic carbocycles. The summed E-state index contributed by atoms with van der Waals surface area (Å²) in [6.45, 7) is 12.0. The van der Waals surface area contributed by atoms with Gasteiger partial charge in [-0.1, -0.05) is 32.4 Å². The van der Waals surface area contributed by atoms with Crippen molar-refractivity contribution in [1.82, 2.24) is 4.90 Å². The lowest BCUT2D eigenvalue weighted by atomic mass is 9.97. The lowest BCUT2D eigenvalue weighted by molar-refractivity contribution is 0.0207. The first-order valence-corrected chi connectivity index (χ1v) is 9.05. The van der Waals surface area contributed by atoms with Crippen LogP contribution in [0.3, 0.4) is 0 Å². The molecule has 0 aliphatic carbocycles. The third-order valence-electron chi connectivity index (χ3n) is 5.02. The highest BCUT2D eigenvalue weighted by Gasteiger charge is 2.26. The number of benzene rings is 1. The number of aryl methyl sites for hydroxylation is 1. The Bertz CT molecular complexity index is 496. The van der Waals surface area contributed by atoms with E-state index in [1.807, 2.05) is 0 Å². The van der Waals surface area contributed by atoms with Crippen LogP contribution in [-0.2, 0) is 0 Å². The maximum atomic E-state index is 10.4. The molecule has 0 saturated carbocycles. The maximum Gasteiger partial charge on any atom is 0.123 e. The molecule has 3 nitrogen and oxygen atoms in total. The van der Waals surface area contributed by atoms with Crippen LogP contribution in [0.25, 0.3) is 0 Å². The fourth-order valence-corrected chi connectivity index (χ4v) is 3.56. The van der Waals surface area contributed by atoms with Crippen molar-refractivity contribution in [3.8, 4) is 5.75 Å². The molecule has 3 unspecified atom stereocenters. The normalized spacial score (nSPS) is 23.0. The molecule has 1 heterocycles. The molecule has 0 radical (unpaired) electrons. The van der Waals surface area contributed by atoms with Gasteiger partial charge >= 0.3 is 0 Å². The summed E-state index contributed by atoms with van der Waals surface area (Å²) < 4.78 is 5.98. The number of aliphatic hydroxyl groups is 1. The number of piperidine rings is 1. The largest absolute Gasteiger partial charge is 0.491 e. The van der Waals surface area contributed by atoms with E-state index in [9.17, 15) is 5.11 Å². The minimum atomic E-state index is -0.446. The summed E-state index contributed by atoms with van der Waals surface area (Å²) in [6.07, 6.45) is 3.31. The highest BCUT2D eigenvalue weighted by molar-refractivity contribution is 5.85. The van der Waals surface area contributed by atoms with Gasteiger partial charge in [-0.2, -0.15) is 0 Å². The molecule has 0 amide bonds. The third kappa shape index (κ3) is 5.65. The fraction of sp³-hybridized carbons (Fsp3) is 0.700. The number of hydrogen-bond acceptors (Lipinski definition) is 3. The van der Waals surface area contributed by atoms with E-state index in [-0.39, 0.29) is 12.4 Å². The SMILES string of the molecule is Cc1ccc(C(C)C)c(OCC(O)CN2C(C)CCCC2C)c1.Cl. The molecule has 3 atom stereocenters. The summed E-state index contributed by atoms with van der Waals surface area (Å²) in [5.74, 6) is 1.34. The van der Waals surface area contributed by atoms with E-state index in [1.165, 1.54) is 30.4 Å².